The molecule has 0 saturated heterocycles. The van der Waals surface area contributed by atoms with Crippen molar-refractivity contribution < 1.29 is 0 Å². The molecular formula is C24H24Cl2. The summed E-state index contributed by atoms with van der Waals surface area (Å²) in [7, 11) is 0. The van der Waals surface area contributed by atoms with E-state index in [2.05, 4.69) is 38.4 Å². The first-order valence-corrected chi connectivity index (χ1v) is 9.37. The molecule has 0 atom stereocenters. The number of rotatable bonds is 9. The van der Waals surface area contributed by atoms with Gasteiger partial charge in [-0.25, -0.2) is 0 Å². The van der Waals surface area contributed by atoms with E-state index in [1.54, 1.807) is 0 Å². The van der Waals surface area contributed by atoms with Gasteiger partial charge in [0.1, 0.15) is 0 Å². The van der Waals surface area contributed by atoms with E-state index in [1.165, 1.54) is 0 Å². The molecule has 0 fully saturated rings. The first kappa shape index (κ1) is 20.3. The summed E-state index contributed by atoms with van der Waals surface area (Å²) in [6, 6.07) is 8.38. The van der Waals surface area contributed by atoms with Crippen molar-refractivity contribution in [2.75, 3.05) is 0 Å². The molecule has 0 radical (unpaired) electrons. The molecular weight excluding hydrogens is 359 g/mol. The van der Waals surface area contributed by atoms with Gasteiger partial charge in [0, 0.05) is 10.0 Å². The highest BCUT2D eigenvalue weighted by Gasteiger charge is 2.16. The maximum absolute atomic E-state index is 6.62. The largest absolute Gasteiger partial charge is 0.103 e. The first-order chi connectivity index (χ1) is 12.5. The minimum atomic E-state index is 0.694. The molecule has 2 aromatic carbocycles. The molecule has 0 heterocycles. The summed E-state index contributed by atoms with van der Waals surface area (Å²) in [6.07, 6.45) is 10.4. The Morgan fingerprint density at radius 2 is 0.923 bits per heavy atom. The topological polar surface area (TPSA) is 0 Å². The van der Waals surface area contributed by atoms with Gasteiger partial charge in [-0.1, -0.05) is 59.6 Å². The van der Waals surface area contributed by atoms with Crippen LogP contribution >= 0.6 is 23.2 Å². The second kappa shape index (κ2) is 9.62. The quantitative estimate of drug-likeness (QED) is 0.392. The van der Waals surface area contributed by atoms with Crippen molar-refractivity contribution >= 4 is 23.2 Å². The molecule has 0 aliphatic heterocycles. The van der Waals surface area contributed by atoms with Gasteiger partial charge in [0.05, 0.1) is 0 Å². The lowest BCUT2D eigenvalue weighted by molar-refractivity contribution is 1.19. The predicted octanol–water partition coefficient (Wildman–Crippen LogP) is 7.57. The van der Waals surface area contributed by atoms with Gasteiger partial charge in [0.25, 0.3) is 0 Å². The standard InChI is InChI=1S/C24H24Cl2/c1-5-9-17-13-21(19(11-7-3)23(25)15-17)22-14-18(10-6-2)16-24(26)20(22)12-8-4/h5-8,13-16H,1-4,9-12H2. The summed E-state index contributed by atoms with van der Waals surface area (Å²) in [6.45, 7) is 15.5. The molecule has 2 aromatic rings. The zero-order valence-corrected chi connectivity index (χ0v) is 16.5. The van der Waals surface area contributed by atoms with Gasteiger partial charge in [-0.2, -0.15) is 0 Å². The summed E-state index contributed by atoms with van der Waals surface area (Å²) in [5, 5.41) is 1.49. The van der Waals surface area contributed by atoms with E-state index in [9.17, 15) is 0 Å². The molecule has 0 aliphatic rings. The second-order valence-electron chi connectivity index (χ2n) is 6.18. The molecule has 0 nitrogen and oxygen atoms in total. The fourth-order valence-electron chi connectivity index (χ4n) is 3.14. The van der Waals surface area contributed by atoms with Gasteiger partial charge in [-0.15, -0.1) is 26.3 Å². The Kier molecular flexibility index (Phi) is 7.50. The van der Waals surface area contributed by atoms with E-state index >= 15 is 0 Å². The third-order valence-corrected chi connectivity index (χ3v) is 4.93. The van der Waals surface area contributed by atoms with Crippen molar-refractivity contribution in [3.63, 3.8) is 0 Å². The monoisotopic (exact) mass is 382 g/mol. The number of hydrogen-bond donors (Lipinski definition) is 0. The third kappa shape index (κ3) is 4.58. The van der Waals surface area contributed by atoms with Crippen LogP contribution < -0.4 is 0 Å². The fraction of sp³-hybridized carbons (Fsp3) is 0.167. The van der Waals surface area contributed by atoms with E-state index in [1.807, 2.05) is 36.4 Å². The van der Waals surface area contributed by atoms with Gasteiger partial charge in [-0.05, 0) is 71.2 Å². The lowest BCUT2D eigenvalue weighted by Gasteiger charge is -2.18. The maximum atomic E-state index is 6.62. The molecule has 2 rings (SSSR count). The zero-order valence-electron chi connectivity index (χ0n) is 15.0. The average Bonchev–Trinajstić information content (AvgIpc) is 2.60. The Morgan fingerprint density at radius 1 is 0.577 bits per heavy atom. The van der Waals surface area contributed by atoms with E-state index in [0.717, 1.165) is 56.3 Å². The normalized spacial score (nSPS) is 10.4. The third-order valence-electron chi connectivity index (χ3n) is 4.26. The van der Waals surface area contributed by atoms with E-state index < -0.39 is 0 Å². The lowest BCUT2D eigenvalue weighted by atomic mass is 9.89. The Labute approximate surface area is 167 Å². The minimum absolute atomic E-state index is 0.694. The van der Waals surface area contributed by atoms with Gasteiger partial charge in [0.15, 0.2) is 0 Å². The van der Waals surface area contributed by atoms with Gasteiger partial charge >= 0.3 is 0 Å². The second-order valence-corrected chi connectivity index (χ2v) is 6.99. The van der Waals surface area contributed by atoms with Gasteiger partial charge in [0.2, 0.25) is 0 Å². The molecule has 0 amide bonds. The summed E-state index contributed by atoms with van der Waals surface area (Å²) in [5.74, 6) is 0. The van der Waals surface area contributed by atoms with Crippen LogP contribution in [0.5, 0.6) is 0 Å². The van der Waals surface area contributed by atoms with Crippen LogP contribution in [0.2, 0.25) is 10.0 Å². The highest BCUT2D eigenvalue weighted by molar-refractivity contribution is 6.32. The van der Waals surface area contributed by atoms with Crippen LogP contribution in [-0.2, 0) is 25.7 Å². The van der Waals surface area contributed by atoms with Crippen LogP contribution in [0.1, 0.15) is 22.3 Å². The fourth-order valence-corrected chi connectivity index (χ4v) is 3.78. The van der Waals surface area contributed by atoms with Crippen molar-refractivity contribution in [3.05, 3.63) is 107 Å². The highest BCUT2D eigenvalue weighted by Crippen LogP contribution is 2.37. The Morgan fingerprint density at radius 3 is 1.23 bits per heavy atom. The smallest absolute Gasteiger partial charge is 0.0450 e. The number of benzene rings is 2. The molecule has 2 heteroatoms. The maximum Gasteiger partial charge on any atom is 0.0450 e. The van der Waals surface area contributed by atoms with E-state index in [-0.39, 0.29) is 0 Å². The van der Waals surface area contributed by atoms with Crippen LogP contribution in [-0.4, -0.2) is 0 Å². The Bertz CT molecular complexity index is 772. The van der Waals surface area contributed by atoms with Crippen LogP contribution in [0.25, 0.3) is 11.1 Å². The van der Waals surface area contributed by atoms with E-state index in [4.69, 9.17) is 23.2 Å². The molecule has 0 aromatic heterocycles. The van der Waals surface area contributed by atoms with Crippen LogP contribution in [0, 0.1) is 0 Å². The Hall–Kier alpha value is -2.02. The minimum Gasteiger partial charge on any atom is -0.103 e. The summed E-state index contributed by atoms with van der Waals surface area (Å²) in [4.78, 5) is 0. The number of halogens is 2. The first-order valence-electron chi connectivity index (χ1n) is 8.62. The SMILES string of the molecule is C=CCc1cc(Cl)c(CC=C)c(-c2cc(CC=C)cc(Cl)c2CC=C)c1. The van der Waals surface area contributed by atoms with Crippen LogP contribution in [0.15, 0.2) is 74.9 Å². The molecule has 0 saturated carbocycles. The molecule has 0 bridgehead atoms. The molecule has 134 valence electrons. The zero-order chi connectivity index (χ0) is 19.1. The van der Waals surface area contributed by atoms with Crippen molar-refractivity contribution in [2.45, 2.75) is 25.7 Å². The lowest BCUT2D eigenvalue weighted by Crippen LogP contribution is -1.99. The molecule has 0 aliphatic carbocycles. The average molecular weight is 383 g/mol. The van der Waals surface area contributed by atoms with Crippen molar-refractivity contribution in [1.29, 1.82) is 0 Å². The predicted molar refractivity (Wildman–Crippen MR) is 118 cm³/mol. The van der Waals surface area contributed by atoms with Crippen molar-refractivity contribution in [1.82, 2.24) is 0 Å². The van der Waals surface area contributed by atoms with Crippen molar-refractivity contribution in [2.24, 2.45) is 0 Å². The molecule has 26 heavy (non-hydrogen) atoms. The van der Waals surface area contributed by atoms with Crippen LogP contribution in [0.3, 0.4) is 0 Å². The van der Waals surface area contributed by atoms with Gasteiger partial charge < -0.3 is 0 Å². The van der Waals surface area contributed by atoms with Gasteiger partial charge in [-0.3, -0.25) is 0 Å². The van der Waals surface area contributed by atoms with Crippen LogP contribution in [0.4, 0.5) is 0 Å². The van der Waals surface area contributed by atoms with Crippen molar-refractivity contribution in [3.8, 4) is 11.1 Å². The number of allylic oxidation sites excluding steroid dienone is 4. The molecule has 0 spiro atoms. The number of hydrogen-bond acceptors (Lipinski definition) is 0. The summed E-state index contributed by atoms with van der Waals surface area (Å²) < 4.78 is 0. The highest BCUT2D eigenvalue weighted by atomic mass is 35.5. The Balaban J connectivity index is 2.82. The summed E-state index contributed by atoms with van der Waals surface area (Å²) in [5.41, 5.74) is 6.57. The molecule has 0 N–H and O–H groups in total. The van der Waals surface area contributed by atoms with E-state index in [0.29, 0.717) is 12.8 Å². The summed E-state index contributed by atoms with van der Waals surface area (Å²) >= 11 is 13.2. The molecule has 0 unspecified atom stereocenters.